The highest BCUT2D eigenvalue weighted by atomic mass is 16.6. The van der Waals surface area contributed by atoms with Crippen molar-refractivity contribution in [1.29, 1.82) is 0 Å². The molecule has 8 heteroatoms. The van der Waals surface area contributed by atoms with Crippen molar-refractivity contribution in [2.75, 3.05) is 26.4 Å². The molecule has 2 N–H and O–H groups in total. The average Bonchev–Trinajstić information content (AvgIpc) is 3.24. The molecular formula is C55H64O8. The first-order chi connectivity index (χ1) is 29.5. The lowest BCUT2D eigenvalue weighted by atomic mass is 9.82. The first-order valence-electron chi connectivity index (χ1n) is 21.1. The smallest absolute Gasteiger partial charge is 0.344 e. The molecule has 0 saturated carbocycles. The van der Waals surface area contributed by atoms with Gasteiger partial charge in [0.25, 0.3) is 0 Å². The number of esters is 2. The zero-order valence-electron chi connectivity index (χ0n) is 37.3. The number of carbonyl (C=O) groups is 2. The molecule has 6 aromatic carbocycles. The Kier molecular flexibility index (Phi) is 17.6. The Labute approximate surface area is 374 Å². The summed E-state index contributed by atoms with van der Waals surface area (Å²) in [6.07, 6.45) is 1.32. The summed E-state index contributed by atoms with van der Waals surface area (Å²) in [5.41, 5.74) is 9.84. The van der Waals surface area contributed by atoms with Gasteiger partial charge in [-0.2, -0.15) is 0 Å². The standard InChI is InChI=1S/C30H28O4.C24H32O4.CH4/c1-2-33-30(32)21-34-29-16-14-25(20-27(29)18-23-11-7-4-8-12-23)24-13-15-28(31)26(19-24)17-22-9-5-3-6-10-22;1-8-27-22(26)15-28-21-12-10-17(14-19(21)24(5,6)7)16-9-11-20(25)18(13-16)23(2,3)4;/h3-16,19-20,31H,2,17-18,21H2,1H3;9-14,25H,8,15H2,1-7H3;1H4. The van der Waals surface area contributed by atoms with E-state index in [0.29, 0.717) is 43.3 Å². The van der Waals surface area contributed by atoms with E-state index in [1.54, 1.807) is 26.0 Å². The van der Waals surface area contributed by atoms with Crippen LogP contribution in [0.25, 0.3) is 22.3 Å². The SMILES string of the molecule is C.CCOC(=O)COc1ccc(-c2ccc(O)c(C(C)(C)C)c2)cc1C(C)(C)C.CCOC(=O)COc1ccc(-c2ccc(O)c(Cc3ccccc3)c2)cc1Cc1ccccc1. The van der Waals surface area contributed by atoms with E-state index in [9.17, 15) is 19.8 Å². The first-order valence-corrected chi connectivity index (χ1v) is 21.1. The molecule has 0 saturated heterocycles. The topological polar surface area (TPSA) is 112 Å². The number of hydrogen-bond donors (Lipinski definition) is 2. The van der Waals surface area contributed by atoms with E-state index in [0.717, 1.165) is 55.6 Å². The Hall–Kier alpha value is -6.54. The maximum atomic E-state index is 11.8. The largest absolute Gasteiger partial charge is 0.508 e. The van der Waals surface area contributed by atoms with Crippen LogP contribution in [-0.2, 0) is 42.7 Å². The average molecular weight is 853 g/mol. The molecule has 0 bridgehead atoms. The van der Waals surface area contributed by atoms with Crippen LogP contribution in [0.5, 0.6) is 23.0 Å². The van der Waals surface area contributed by atoms with Crippen LogP contribution in [0.4, 0.5) is 0 Å². The van der Waals surface area contributed by atoms with Crippen molar-refractivity contribution in [3.63, 3.8) is 0 Å². The Balaban J connectivity index is 0.000000278. The lowest BCUT2D eigenvalue weighted by Gasteiger charge is -2.24. The number of ether oxygens (including phenoxy) is 4. The predicted molar refractivity (Wildman–Crippen MR) is 254 cm³/mol. The van der Waals surface area contributed by atoms with Crippen molar-refractivity contribution >= 4 is 11.9 Å². The summed E-state index contributed by atoms with van der Waals surface area (Å²) in [5, 5.41) is 20.7. The van der Waals surface area contributed by atoms with Crippen molar-refractivity contribution in [2.45, 2.75) is 86.5 Å². The monoisotopic (exact) mass is 852 g/mol. The summed E-state index contributed by atoms with van der Waals surface area (Å²) in [7, 11) is 0. The molecule has 0 spiro atoms. The van der Waals surface area contributed by atoms with Gasteiger partial charge < -0.3 is 29.2 Å². The van der Waals surface area contributed by atoms with Crippen LogP contribution in [0, 0.1) is 0 Å². The highest BCUT2D eigenvalue weighted by molar-refractivity contribution is 5.73. The fraction of sp³-hybridized carbons (Fsp3) is 0.309. The second kappa shape index (κ2) is 22.5. The van der Waals surface area contributed by atoms with E-state index in [-0.39, 0.29) is 49.2 Å². The molecule has 0 radical (unpaired) electrons. The molecule has 6 rings (SSSR count). The molecule has 0 unspecified atom stereocenters. The van der Waals surface area contributed by atoms with E-state index < -0.39 is 0 Å². The fourth-order valence-corrected chi connectivity index (χ4v) is 6.99. The summed E-state index contributed by atoms with van der Waals surface area (Å²) in [6.45, 7) is 16.6. The molecule has 0 atom stereocenters. The second-order valence-electron chi connectivity index (χ2n) is 17.1. The van der Waals surface area contributed by atoms with Crippen LogP contribution < -0.4 is 9.47 Å². The number of hydrogen-bond acceptors (Lipinski definition) is 8. The highest BCUT2D eigenvalue weighted by Crippen LogP contribution is 2.39. The molecule has 0 aliphatic heterocycles. The Morgan fingerprint density at radius 1 is 0.476 bits per heavy atom. The third-order valence-corrected chi connectivity index (χ3v) is 10.2. The van der Waals surface area contributed by atoms with Gasteiger partial charge in [-0.15, -0.1) is 0 Å². The van der Waals surface area contributed by atoms with Gasteiger partial charge in [-0.1, -0.05) is 134 Å². The quantitative estimate of drug-likeness (QED) is 0.104. The molecule has 0 aromatic heterocycles. The summed E-state index contributed by atoms with van der Waals surface area (Å²) >= 11 is 0. The lowest BCUT2D eigenvalue weighted by Crippen LogP contribution is -2.18. The van der Waals surface area contributed by atoms with Crippen LogP contribution in [-0.4, -0.2) is 48.6 Å². The van der Waals surface area contributed by atoms with Crippen molar-refractivity contribution in [2.24, 2.45) is 0 Å². The number of phenols is 2. The molecule has 0 aliphatic carbocycles. The predicted octanol–water partition coefficient (Wildman–Crippen LogP) is 12.4. The molecule has 8 nitrogen and oxygen atoms in total. The molecular weight excluding hydrogens is 789 g/mol. The molecule has 332 valence electrons. The number of benzene rings is 6. The number of phenolic OH excluding ortho intramolecular Hbond substituents is 2. The Morgan fingerprint density at radius 2 is 0.873 bits per heavy atom. The van der Waals surface area contributed by atoms with Gasteiger partial charge in [0.15, 0.2) is 13.2 Å². The van der Waals surface area contributed by atoms with Crippen molar-refractivity contribution in [1.82, 2.24) is 0 Å². The van der Waals surface area contributed by atoms with Gasteiger partial charge in [0.1, 0.15) is 23.0 Å². The first kappa shape index (κ1) is 49.1. The van der Waals surface area contributed by atoms with E-state index in [1.807, 2.05) is 84.9 Å². The number of carbonyl (C=O) groups excluding carboxylic acids is 2. The Bertz CT molecular complexity index is 2410. The molecule has 63 heavy (non-hydrogen) atoms. The van der Waals surface area contributed by atoms with Crippen LogP contribution in [0.2, 0.25) is 0 Å². The molecule has 6 aromatic rings. The maximum absolute atomic E-state index is 11.8. The molecule has 0 aliphatic rings. The summed E-state index contributed by atoms with van der Waals surface area (Å²) in [6, 6.07) is 43.6. The van der Waals surface area contributed by atoms with Crippen LogP contribution >= 0.6 is 0 Å². The minimum Gasteiger partial charge on any atom is -0.508 e. The third-order valence-electron chi connectivity index (χ3n) is 10.2. The maximum Gasteiger partial charge on any atom is 0.344 e. The zero-order chi connectivity index (χ0) is 44.9. The third kappa shape index (κ3) is 14.3. The van der Waals surface area contributed by atoms with Gasteiger partial charge in [0, 0.05) is 18.4 Å². The summed E-state index contributed by atoms with van der Waals surface area (Å²) < 4.78 is 21.5. The van der Waals surface area contributed by atoms with E-state index in [4.69, 9.17) is 18.9 Å². The van der Waals surface area contributed by atoms with E-state index >= 15 is 0 Å². The van der Waals surface area contributed by atoms with Gasteiger partial charge in [-0.25, -0.2) is 9.59 Å². The molecule has 0 amide bonds. The zero-order valence-corrected chi connectivity index (χ0v) is 37.3. The number of rotatable bonds is 14. The number of aromatic hydroxyl groups is 2. The van der Waals surface area contributed by atoms with Crippen molar-refractivity contribution < 1.29 is 38.7 Å². The summed E-state index contributed by atoms with van der Waals surface area (Å²) in [4.78, 5) is 23.5. The van der Waals surface area contributed by atoms with E-state index in [1.165, 1.54) is 0 Å². The molecule has 0 heterocycles. The summed E-state index contributed by atoms with van der Waals surface area (Å²) in [5.74, 6) is 1.16. The fourth-order valence-electron chi connectivity index (χ4n) is 6.99. The lowest BCUT2D eigenvalue weighted by molar-refractivity contribution is -0.146. The van der Waals surface area contributed by atoms with Gasteiger partial charge in [0.2, 0.25) is 0 Å². The van der Waals surface area contributed by atoms with Crippen molar-refractivity contribution in [3.8, 4) is 45.3 Å². The van der Waals surface area contributed by atoms with E-state index in [2.05, 4.69) is 77.9 Å². The van der Waals surface area contributed by atoms with Gasteiger partial charge in [0.05, 0.1) is 13.2 Å². The van der Waals surface area contributed by atoms with Crippen molar-refractivity contribution in [3.05, 3.63) is 167 Å². The van der Waals surface area contributed by atoms with Gasteiger partial charge in [-0.05, 0) is 123 Å². The minimum absolute atomic E-state index is 0. The van der Waals surface area contributed by atoms with Gasteiger partial charge >= 0.3 is 11.9 Å². The molecule has 0 fully saturated rings. The van der Waals surface area contributed by atoms with Crippen LogP contribution in [0.15, 0.2) is 133 Å². The Morgan fingerprint density at radius 3 is 1.37 bits per heavy atom. The van der Waals surface area contributed by atoms with Crippen LogP contribution in [0.3, 0.4) is 0 Å². The highest BCUT2D eigenvalue weighted by Gasteiger charge is 2.23. The van der Waals surface area contributed by atoms with Gasteiger partial charge in [-0.3, -0.25) is 0 Å². The van der Waals surface area contributed by atoms with Crippen LogP contribution in [0.1, 0.15) is 96.2 Å². The second-order valence-corrected chi connectivity index (χ2v) is 17.1. The minimum atomic E-state index is -0.388. The normalized spacial score (nSPS) is 11.0.